The molecule has 2 heterocycles. The normalized spacial score (nSPS) is 15.0. The lowest BCUT2D eigenvalue weighted by Gasteiger charge is -2.34. The van der Waals surface area contributed by atoms with Crippen LogP contribution in [0.2, 0.25) is 5.02 Å². The zero-order valence-corrected chi connectivity index (χ0v) is 17.6. The van der Waals surface area contributed by atoms with Gasteiger partial charge < -0.3 is 4.90 Å². The van der Waals surface area contributed by atoms with Gasteiger partial charge in [0, 0.05) is 47.8 Å². The van der Waals surface area contributed by atoms with Crippen LogP contribution < -0.4 is 0 Å². The maximum atomic E-state index is 12.8. The van der Waals surface area contributed by atoms with E-state index in [1.807, 2.05) is 35.2 Å². The van der Waals surface area contributed by atoms with Gasteiger partial charge in [-0.05, 0) is 29.8 Å². The molecule has 0 atom stereocenters. The van der Waals surface area contributed by atoms with Crippen molar-refractivity contribution >= 4 is 33.4 Å². The summed E-state index contributed by atoms with van der Waals surface area (Å²) in [5.41, 5.74) is 3.46. The Balaban J connectivity index is 1.36. The summed E-state index contributed by atoms with van der Waals surface area (Å²) in [7, 11) is 0. The van der Waals surface area contributed by atoms with E-state index in [1.165, 1.54) is 5.56 Å². The highest BCUT2D eigenvalue weighted by Crippen LogP contribution is 2.22. The van der Waals surface area contributed by atoms with Crippen molar-refractivity contribution < 1.29 is 4.79 Å². The van der Waals surface area contributed by atoms with E-state index >= 15 is 0 Å². The number of halogens is 2. The van der Waals surface area contributed by atoms with Gasteiger partial charge >= 0.3 is 0 Å². The van der Waals surface area contributed by atoms with E-state index in [9.17, 15) is 4.79 Å². The number of amides is 1. The summed E-state index contributed by atoms with van der Waals surface area (Å²) < 4.78 is 1.13. The Morgan fingerprint density at radius 1 is 1.07 bits per heavy atom. The molecule has 0 unspecified atom stereocenters. The first kappa shape index (κ1) is 19.2. The average Bonchev–Trinajstić information content (AvgIpc) is 3.20. The zero-order chi connectivity index (χ0) is 19.5. The third-order valence-corrected chi connectivity index (χ3v) is 5.99. The van der Waals surface area contributed by atoms with Gasteiger partial charge in [-0.25, -0.2) is 0 Å². The number of nitrogens with zero attached hydrogens (tertiary/aromatic N) is 3. The molecule has 1 aliphatic rings. The second-order valence-corrected chi connectivity index (χ2v) is 8.12. The van der Waals surface area contributed by atoms with E-state index in [2.05, 4.69) is 49.2 Å². The van der Waals surface area contributed by atoms with Crippen molar-refractivity contribution in [2.24, 2.45) is 0 Å². The van der Waals surface area contributed by atoms with Gasteiger partial charge in [0.25, 0.3) is 5.91 Å². The number of hydrogen-bond donors (Lipinski definition) is 1. The SMILES string of the molecule is O=C(c1cc(-c2ccc(Cl)cc2)n[nH]1)N1CCN(Cc2ccccc2Br)CC1. The highest BCUT2D eigenvalue weighted by molar-refractivity contribution is 9.10. The third-order valence-electron chi connectivity index (χ3n) is 4.96. The second-order valence-electron chi connectivity index (χ2n) is 6.83. The number of benzene rings is 2. The van der Waals surface area contributed by atoms with Crippen molar-refractivity contribution in [1.29, 1.82) is 0 Å². The van der Waals surface area contributed by atoms with Crippen LogP contribution in [0, 0.1) is 0 Å². The van der Waals surface area contributed by atoms with Crippen molar-refractivity contribution in [3.63, 3.8) is 0 Å². The summed E-state index contributed by atoms with van der Waals surface area (Å²) in [6.07, 6.45) is 0. The Labute approximate surface area is 177 Å². The van der Waals surface area contributed by atoms with Gasteiger partial charge in [0.2, 0.25) is 0 Å². The Bertz CT molecular complexity index is 965. The minimum atomic E-state index is -0.00625. The molecule has 1 aliphatic heterocycles. The summed E-state index contributed by atoms with van der Waals surface area (Å²) in [6.45, 7) is 4.00. The number of aromatic amines is 1. The van der Waals surface area contributed by atoms with E-state index < -0.39 is 0 Å². The molecule has 144 valence electrons. The maximum absolute atomic E-state index is 12.8. The molecule has 28 heavy (non-hydrogen) atoms. The summed E-state index contributed by atoms with van der Waals surface area (Å²) in [5.74, 6) is -0.00625. The third kappa shape index (κ3) is 4.29. The number of H-pyrrole nitrogens is 1. The van der Waals surface area contributed by atoms with Gasteiger partial charge in [-0.2, -0.15) is 5.10 Å². The number of carbonyl (C=O) groups is 1. The van der Waals surface area contributed by atoms with Gasteiger partial charge in [-0.3, -0.25) is 14.8 Å². The van der Waals surface area contributed by atoms with Crippen LogP contribution >= 0.6 is 27.5 Å². The lowest BCUT2D eigenvalue weighted by Crippen LogP contribution is -2.48. The molecule has 3 aromatic rings. The number of rotatable bonds is 4. The second kappa shape index (κ2) is 8.47. The minimum absolute atomic E-state index is 0.00625. The van der Waals surface area contributed by atoms with Crippen LogP contribution in [-0.4, -0.2) is 52.1 Å². The molecule has 0 aliphatic carbocycles. The van der Waals surface area contributed by atoms with Crippen molar-refractivity contribution in [2.75, 3.05) is 26.2 Å². The molecule has 0 spiro atoms. The highest BCUT2D eigenvalue weighted by Gasteiger charge is 2.24. The first-order chi connectivity index (χ1) is 13.6. The lowest BCUT2D eigenvalue weighted by atomic mass is 10.1. The van der Waals surface area contributed by atoms with Crippen LogP contribution in [0.1, 0.15) is 16.1 Å². The fourth-order valence-corrected chi connectivity index (χ4v) is 3.88. The molecule has 0 radical (unpaired) electrons. The molecule has 0 saturated carbocycles. The number of aromatic nitrogens is 2. The van der Waals surface area contributed by atoms with Crippen LogP contribution in [0.25, 0.3) is 11.3 Å². The molecule has 1 saturated heterocycles. The Morgan fingerprint density at radius 2 is 1.79 bits per heavy atom. The number of hydrogen-bond acceptors (Lipinski definition) is 3. The monoisotopic (exact) mass is 458 g/mol. The quantitative estimate of drug-likeness (QED) is 0.627. The van der Waals surface area contributed by atoms with Crippen LogP contribution in [-0.2, 0) is 6.54 Å². The molecule has 7 heteroatoms. The van der Waals surface area contributed by atoms with E-state index in [1.54, 1.807) is 6.07 Å². The summed E-state index contributed by atoms with van der Waals surface area (Å²) in [6, 6.07) is 17.5. The van der Waals surface area contributed by atoms with Crippen molar-refractivity contribution in [3.8, 4) is 11.3 Å². The largest absolute Gasteiger partial charge is 0.335 e. The van der Waals surface area contributed by atoms with E-state index in [0.29, 0.717) is 23.8 Å². The first-order valence-corrected chi connectivity index (χ1v) is 10.3. The predicted octanol–water partition coefficient (Wildman–Crippen LogP) is 4.45. The summed E-state index contributed by atoms with van der Waals surface area (Å²) in [4.78, 5) is 17.1. The Kier molecular flexibility index (Phi) is 5.80. The molecule has 1 N–H and O–H groups in total. The van der Waals surface area contributed by atoms with Crippen LogP contribution in [0.15, 0.2) is 59.1 Å². The molecule has 1 fully saturated rings. The van der Waals surface area contributed by atoms with Crippen LogP contribution in [0.3, 0.4) is 0 Å². The molecule has 4 rings (SSSR count). The summed E-state index contributed by atoms with van der Waals surface area (Å²) >= 11 is 9.54. The van der Waals surface area contributed by atoms with Crippen molar-refractivity contribution in [3.05, 3.63) is 75.4 Å². The summed E-state index contributed by atoms with van der Waals surface area (Å²) in [5, 5.41) is 7.84. The van der Waals surface area contributed by atoms with Crippen molar-refractivity contribution in [2.45, 2.75) is 6.54 Å². The standard InChI is InChI=1S/C21H20BrClN4O/c22-18-4-2-1-3-16(18)14-26-9-11-27(12-10-26)21(28)20-13-19(24-25-20)15-5-7-17(23)8-6-15/h1-8,13H,9-12,14H2,(H,24,25). The fraction of sp³-hybridized carbons (Fsp3) is 0.238. The minimum Gasteiger partial charge on any atom is -0.335 e. The van der Waals surface area contributed by atoms with Crippen LogP contribution in [0.5, 0.6) is 0 Å². The molecule has 1 amide bonds. The predicted molar refractivity (Wildman–Crippen MR) is 114 cm³/mol. The number of piperazine rings is 1. The number of carbonyl (C=O) groups excluding carboxylic acids is 1. The molecule has 2 aromatic carbocycles. The molecule has 5 nitrogen and oxygen atoms in total. The Morgan fingerprint density at radius 3 is 2.50 bits per heavy atom. The van der Waals surface area contributed by atoms with Crippen LogP contribution in [0.4, 0.5) is 0 Å². The van der Waals surface area contributed by atoms with Crippen molar-refractivity contribution in [1.82, 2.24) is 20.0 Å². The molecular weight excluding hydrogens is 440 g/mol. The molecule has 0 bridgehead atoms. The van der Waals surface area contributed by atoms with E-state index in [0.717, 1.165) is 35.4 Å². The topological polar surface area (TPSA) is 52.2 Å². The maximum Gasteiger partial charge on any atom is 0.271 e. The van der Waals surface area contributed by atoms with Gasteiger partial charge in [0.05, 0.1) is 5.69 Å². The van der Waals surface area contributed by atoms with Gasteiger partial charge in [-0.1, -0.05) is 57.9 Å². The number of nitrogens with one attached hydrogen (secondary N) is 1. The van der Waals surface area contributed by atoms with Gasteiger partial charge in [0.15, 0.2) is 0 Å². The lowest BCUT2D eigenvalue weighted by molar-refractivity contribution is 0.0622. The highest BCUT2D eigenvalue weighted by atomic mass is 79.9. The Hall–Kier alpha value is -2.15. The fourth-order valence-electron chi connectivity index (χ4n) is 3.35. The van der Waals surface area contributed by atoms with E-state index in [-0.39, 0.29) is 5.91 Å². The van der Waals surface area contributed by atoms with Gasteiger partial charge in [-0.15, -0.1) is 0 Å². The first-order valence-electron chi connectivity index (χ1n) is 9.16. The van der Waals surface area contributed by atoms with E-state index in [4.69, 9.17) is 11.6 Å². The average molecular weight is 460 g/mol. The zero-order valence-electron chi connectivity index (χ0n) is 15.2. The smallest absolute Gasteiger partial charge is 0.271 e. The molecular formula is C21H20BrClN4O. The van der Waals surface area contributed by atoms with Gasteiger partial charge in [0.1, 0.15) is 5.69 Å². The molecule has 1 aromatic heterocycles.